The van der Waals surface area contributed by atoms with Gasteiger partial charge in [0.25, 0.3) is 0 Å². The Kier molecular flexibility index (Phi) is 2.25. The second-order valence-electron chi connectivity index (χ2n) is 2.09. The number of hydrogen-bond acceptors (Lipinski definition) is 4. The topological polar surface area (TPSA) is 52.6 Å². The van der Waals surface area contributed by atoms with Gasteiger partial charge < -0.3 is 9.47 Å². The van der Waals surface area contributed by atoms with E-state index in [9.17, 15) is 9.59 Å². The van der Waals surface area contributed by atoms with Gasteiger partial charge >= 0.3 is 11.9 Å². The van der Waals surface area contributed by atoms with Crippen LogP contribution in [0.25, 0.3) is 0 Å². The Balaban J connectivity index is 2.42. The third kappa shape index (κ3) is 1.80. The molecule has 0 bridgehead atoms. The lowest BCUT2D eigenvalue weighted by Gasteiger charge is -2.03. The number of ether oxygens (including phenoxy) is 2. The van der Waals surface area contributed by atoms with Gasteiger partial charge in [0.15, 0.2) is 0 Å². The van der Waals surface area contributed by atoms with Crippen LogP contribution in [-0.2, 0) is 19.1 Å². The quantitative estimate of drug-likeness (QED) is 0.418. The molecule has 0 radical (unpaired) electrons. The van der Waals surface area contributed by atoms with E-state index in [-0.39, 0.29) is 0 Å². The summed E-state index contributed by atoms with van der Waals surface area (Å²) in [5.41, 5.74) is 0. The maximum absolute atomic E-state index is 10.7. The number of rotatable bonds is 2. The van der Waals surface area contributed by atoms with Crippen LogP contribution in [-0.4, -0.2) is 24.6 Å². The van der Waals surface area contributed by atoms with Gasteiger partial charge in [-0.05, 0) is 0 Å². The van der Waals surface area contributed by atoms with Crippen LogP contribution in [0.5, 0.6) is 0 Å². The zero-order valence-electron chi connectivity index (χ0n) is 5.91. The van der Waals surface area contributed by atoms with Crippen molar-refractivity contribution in [2.24, 2.45) is 0 Å². The Labute approximate surface area is 63.8 Å². The predicted molar refractivity (Wildman–Crippen MR) is 35.7 cm³/mol. The number of carbonyl (C=O) groups is 2. The first-order valence-electron chi connectivity index (χ1n) is 3.23. The lowest BCUT2D eigenvalue weighted by Crippen LogP contribution is -2.21. The van der Waals surface area contributed by atoms with Crippen LogP contribution < -0.4 is 0 Å². The molecule has 60 valence electrons. The van der Waals surface area contributed by atoms with Crippen LogP contribution in [0, 0.1) is 0 Å². The summed E-state index contributed by atoms with van der Waals surface area (Å²) in [5.74, 6) is -1.06. The molecule has 1 saturated heterocycles. The van der Waals surface area contributed by atoms with Crippen molar-refractivity contribution in [3.8, 4) is 0 Å². The van der Waals surface area contributed by atoms with Crippen molar-refractivity contribution < 1.29 is 19.1 Å². The molecule has 0 aromatic heterocycles. The first-order chi connectivity index (χ1) is 5.24. The Bertz CT molecular complexity index is 197. The summed E-state index contributed by atoms with van der Waals surface area (Å²) in [6.07, 6.45) is 0.741. The van der Waals surface area contributed by atoms with E-state index in [1.807, 2.05) is 0 Å². The molecule has 4 nitrogen and oxygen atoms in total. The first-order valence-corrected chi connectivity index (χ1v) is 3.23. The van der Waals surface area contributed by atoms with Gasteiger partial charge in [-0.3, -0.25) is 0 Å². The minimum Gasteiger partial charge on any atom is -0.463 e. The van der Waals surface area contributed by atoms with Gasteiger partial charge in [0, 0.05) is 12.5 Å². The van der Waals surface area contributed by atoms with Crippen LogP contribution >= 0.6 is 0 Å². The molecule has 1 aliphatic rings. The summed E-state index contributed by atoms with van der Waals surface area (Å²) in [6.45, 7) is 3.53. The highest BCUT2D eigenvalue weighted by molar-refractivity contribution is 5.85. The molecule has 0 aliphatic carbocycles. The number of cyclic esters (lactones) is 1. The molecule has 4 heteroatoms. The normalized spacial score (nSPS) is 22.5. The molecule has 1 fully saturated rings. The highest BCUT2D eigenvalue weighted by atomic mass is 16.6. The molecule has 0 amide bonds. The predicted octanol–water partition coefficient (Wildman–Crippen LogP) is 0.0311. The molecular weight excluding hydrogens is 148 g/mol. The van der Waals surface area contributed by atoms with Crippen molar-refractivity contribution in [3.63, 3.8) is 0 Å². The second kappa shape index (κ2) is 3.18. The van der Waals surface area contributed by atoms with Gasteiger partial charge in [0.1, 0.15) is 0 Å². The molecule has 0 aromatic rings. The fraction of sp³-hybridized carbons (Fsp3) is 0.429. The van der Waals surface area contributed by atoms with Crippen LogP contribution in [0.1, 0.15) is 6.42 Å². The second-order valence-corrected chi connectivity index (χ2v) is 2.09. The van der Waals surface area contributed by atoms with E-state index in [4.69, 9.17) is 0 Å². The van der Waals surface area contributed by atoms with E-state index in [2.05, 4.69) is 16.1 Å². The summed E-state index contributed by atoms with van der Waals surface area (Å²) >= 11 is 0. The largest absolute Gasteiger partial charge is 0.463 e. The zero-order chi connectivity index (χ0) is 8.27. The molecule has 0 aromatic carbocycles. The van der Waals surface area contributed by atoms with E-state index >= 15 is 0 Å². The van der Waals surface area contributed by atoms with Gasteiger partial charge in [0.2, 0.25) is 6.10 Å². The third-order valence-electron chi connectivity index (χ3n) is 1.31. The SMILES string of the molecule is C=CC(=O)OC1CCOC1=O. The van der Waals surface area contributed by atoms with Crippen molar-refractivity contribution >= 4 is 11.9 Å². The van der Waals surface area contributed by atoms with Crippen molar-refractivity contribution in [1.29, 1.82) is 0 Å². The number of carbonyl (C=O) groups excluding carboxylic acids is 2. The summed E-state index contributed by atoms with van der Waals surface area (Å²) in [6, 6.07) is 0. The number of hydrogen-bond donors (Lipinski definition) is 0. The van der Waals surface area contributed by atoms with Gasteiger partial charge in [-0.1, -0.05) is 6.58 Å². The van der Waals surface area contributed by atoms with E-state index < -0.39 is 18.0 Å². The highest BCUT2D eigenvalue weighted by Crippen LogP contribution is 2.09. The third-order valence-corrected chi connectivity index (χ3v) is 1.31. The molecule has 1 unspecified atom stereocenters. The summed E-state index contributed by atoms with van der Waals surface area (Å²) in [4.78, 5) is 21.3. The minimum atomic E-state index is -0.722. The molecule has 11 heavy (non-hydrogen) atoms. The van der Waals surface area contributed by atoms with Gasteiger partial charge in [-0.2, -0.15) is 0 Å². The van der Waals surface area contributed by atoms with Gasteiger partial charge in [-0.15, -0.1) is 0 Å². The first kappa shape index (κ1) is 7.78. The van der Waals surface area contributed by atoms with Crippen LogP contribution in [0.4, 0.5) is 0 Å². The fourth-order valence-electron chi connectivity index (χ4n) is 0.773. The van der Waals surface area contributed by atoms with E-state index in [0.29, 0.717) is 13.0 Å². The van der Waals surface area contributed by atoms with Crippen molar-refractivity contribution in [2.45, 2.75) is 12.5 Å². The molecule has 0 N–H and O–H groups in total. The lowest BCUT2D eigenvalue weighted by molar-refractivity contribution is -0.156. The van der Waals surface area contributed by atoms with Gasteiger partial charge in [0.05, 0.1) is 6.61 Å². The minimum absolute atomic E-state index is 0.327. The number of esters is 2. The van der Waals surface area contributed by atoms with Crippen molar-refractivity contribution in [1.82, 2.24) is 0 Å². The molecular formula is C7H8O4. The molecule has 0 spiro atoms. The average Bonchev–Trinajstić information content (AvgIpc) is 2.37. The average molecular weight is 156 g/mol. The lowest BCUT2D eigenvalue weighted by atomic mass is 10.3. The van der Waals surface area contributed by atoms with E-state index in [0.717, 1.165) is 6.08 Å². The Morgan fingerprint density at radius 1 is 1.82 bits per heavy atom. The van der Waals surface area contributed by atoms with Crippen LogP contribution in [0.15, 0.2) is 12.7 Å². The maximum atomic E-state index is 10.7. The molecule has 1 rings (SSSR count). The van der Waals surface area contributed by atoms with Crippen LogP contribution in [0.2, 0.25) is 0 Å². The summed E-state index contributed by atoms with van der Waals surface area (Å²) in [5, 5.41) is 0. The van der Waals surface area contributed by atoms with Gasteiger partial charge in [-0.25, -0.2) is 9.59 Å². The molecule has 1 atom stereocenters. The van der Waals surface area contributed by atoms with E-state index in [1.165, 1.54) is 0 Å². The molecule has 0 saturated carbocycles. The standard InChI is InChI=1S/C7H8O4/c1-2-6(8)11-5-3-4-10-7(5)9/h2,5H,1,3-4H2. The summed E-state index contributed by atoms with van der Waals surface area (Å²) in [7, 11) is 0. The molecule has 1 aliphatic heterocycles. The van der Waals surface area contributed by atoms with Crippen molar-refractivity contribution in [2.75, 3.05) is 6.61 Å². The monoisotopic (exact) mass is 156 g/mol. The Morgan fingerprint density at radius 2 is 2.55 bits per heavy atom. The van der Waals surface area contributed by atoms with E-state index in [1.54, 1.807) is 0 Å². The smallest absolute Gasteiger partial charge is 0.347 e. The highest BCUT2D eigenvalue weighted by Gasteiger charge is 2.29. The van der Waals surface area contributed by atoms with Crippen LogP contribution in [0.3, 0.4) is 0 Å². The zero-order valence-corrected chi connectivity index (χ0v) is 5.91. The summed E-state index contributed by atoms with van der Waals surface area (Å²) < 4.78 is 9.20. The Hall–Kier alpha value is -1.32. The van der Waals surface area contributed by atoms with Crippen molar-refractivity contribution in [3.05, 3.63) is 12.7 Å². The fourth-order valence-corrected chi connectivity index (χ4v) is 0.773. The molecule has 1 heterocycles. The maximum Gasteiger partial charge on any atom is 0.347 e. The Morgan fingerprint density at radius 3 is 3.00 bits per heavy atom.